The van der Waals surface area contributed by atoms with E-state index in [1.807, 2.05) is 67.6 Å². The normalized spacial score (nSPS) is 11.8. The van der Waals surface area contributed by atoms with Crippen LogP contribution in [-0.2, 0) is 4.79 Å². The van der Waals surface area contributed by atoms with E-state index in [-0.39, 0.29) is 11.7 Å². The summed E-state index contributed by atoms with van der Waals surface area (Å²) in [6.45, 7) is 3.77. The number of carbonyl (C=O) groups is 1. The van der Waals surface area contributed by atoms with Crippen LogP contribution in [-0.4, -0.2) is 5.91 Å². The van der Waals surface area contributed by atoms with Crippen LogP contribution in [0.15, 0.2) is 72.8 Å². The van der Waals surface area contributed by atoms with E-state index in [4.69, 9.17) is 0 Å². The highest BCUT2D eigenvalue weighted by molar-refractivity contribution is 5.95. The Bertz CT molecular complexity index is 872. The maximum atomic E-state index is 14.5. The van der Waals surface area contributed by atoms with Gasteiger partial charge in [-0.1, -0.05) is 60.2 Å². The van der Waals surface area contributed by atoms with Gasteiger partial charge in [0.15, 0.2) is 0 Å². The van der Waals surface area contributed by atoms with E-state index in [1.54, 1.807) is 13.0 Å². The molecule has 25 heavy (non-hydrogen) atoms. The Morgan fingerprint density at radius 1 is 0.960 bits per heavy atom. The Morgan fingerprint density at radius 2 is 1.64 bits per heavy atom. The number of nitrogens with one attached hydrogen (secondary N) is 1. The predicted molar refractivity (Wildman–Crippen MR) is 100 cm³/mol. The molecule has 0 aromatic heterocycles. The summed E-state index contributed by atoms with van der Waals surface area (Å²) in [6.07, 6.45) is 0. The molecule has 1 atom stereocenters. The Balaban J connectivity index is 1.78. The Hall–Kier alpha value is -2.94. The van der Waals surface area contributed by atoms with Crippen molar-refractivity contribution in [2.24, 2.45) is 0 Å². The second-order valence-corrected chi connectivity index (χ2v) is 6.18. The molecule has 3 heteroatoms. The molecule has 3 aromatic carbocycles. The molecule has 126 valence electrons. The first-order valence-corrected chi connectivity index (χ1v) is 8.27. The number of aryl methyl sites for hydroxylation is 1. The number of carbonyl (C=O) groups excluding carboxylic acids is 1. The van der Waals surface area contributed by atoms with E-state index >= 15 is 0 Å². The first kappa shape index (κ1) is 16.9. The van der Waals surface area contributed by atoms with Crippen LogP contribution in [0.1, 0.15) is 24.0 Å². The molecule has 0 aliphatic heterocycles. The van der Waals surface area contributed by atoms with Gasteiger partial charge in [-0.3, -0.25) is 4.79 Å². The predicted octanol–water partition coefficient (Wildman–Crippen LogP) is 5.54. The lowest BCUT2D eigenvalue weighted by Gasteiger charge is -2.14. The lowest BCUT2D eigenvalue weighted by atomic mass is 9.96. The molecular formula is C22H20FNO. The molecule has 0 radical (unpaired) electrons. The van der Waals surface area contributed by atoms with E-state index in [9.17, 15) is 9.18 Å². The molecule has 3 rings (SSSR count). The number of hydrogen-bond donors (Lipinski definition) is 1. The van der Waals surface area contributed by atoms with Gasteiger partial charge in [-0.2, -0.15) is 0 Å². The van der Waals surface area contributed by atoms with Crippen LogP contribution in [0, 0.1) is 12.7 Å². The minimum atomic E-state index is -0.444. The zero-order valence-corrected chi connectivity index (χ0v) is 14.3. The molecule has 1 amide bonds. The highest BCUT2D eigenvalue weighted by Gasteiger charge is 2.17. The maximum absolute atomic E-state index is 14.5. The minimum Gasteiger partial charge on any atom is -0.326 e. The molecule has 0 bridgehead atoms. The van der Waals surface area contributed by atoms with E-state index in [2.05, 4.69) is 5.32 Å². The van der Waals surface area contributed by atoms with Gasteiger partial charge in [0.25, 0.3) is 0 Å². The third-order valence-corrected chi connectivity index (χ3v) is 4.29. The quantitative estimate of drug-likeness (QED) is 0.667. The maximum Gasteiger partial charge on any atom is 0.231 e. The average Bonchev–Trinajstić information content (AvgIpc) is 2.63. The van der Waals surface area contributed by atoms with Crippen molar-refractivity contribution < 1.29 is 9.18 Å². The minimum absolute atomic E-state index is 0.157. The monoisotopic (exact) mass is 333 g/mol. The highest BCUT2D eigenvalue weighted by atomic mass is 19.1. The van der Waals surface area contributed by atoms with Crippen molar-refractivity contribution in [3.05, 3.63) is 89.7 Å². The fourth-order valence-corrected chi connectivity index (χ4v) is 2.69. The van der Waals surface area contributed by atoms with Gasteiger partial charge in [0, 0.05) is 11.3 Å². The van der Waals surface area contributed by atoms with Gasteiger partial charge in [0.05, 0.1) is 5.92 Å². The van der Waals surface area contributed by atoms with Gasteiger partial charge in [-0.05, 0) is 43.2 Å². The number of rotatable bonds is 4. The standard InChI is InChI=1S/C22H20FNO/c1-15-8-11-19(12-9-15)24-22(25)16(2)18-10-13-20(21(23)14-18)17-6-4-3-5-7-17/h3-14,16H,1-2H3,(H,24,25)/t16-/m1/s1. The molecule has 0 aliphatic rings. The number of anilines is 1. The highest BCUT2D eigenvalue weighted by Crippen LogP contribution is 2.26. The smallest absolute Gasteiger partial charge is 0.231 e. The van der Waals surface area contributed by atoms with Gasteiger partial charge in [0.2, 0.25) is 5.91 Å². The summed E-state index contributed by atoms with van der Waals surface area (Å²) in [6, 6.07) is 22.0. The van der Waals surface area contributed by atoms with Crippen molar-refractivity contribution in [3.63, 3.8) is 0 Å². The molecule has 0 unspecified atom stereocenters. The van der Waals surface area contributed by atoms with Gasteiger partial charge < -0.3 is 5.32 Å². The van der Waals surface area contributed by atoms with Crippen LogP contribution in [0.4, 0.5) is 10.1 Å². The number of amides is 1. The summed E-state index contributed by atoms with van der Waals surface area (Å²) in [5, 5.41) is 2.87. The number of hydrogen-bond acceptors (Lipinski definition) is 1. The van der Waals surface area contributed by atoms with E-state index in [1.165, 1.54) is 6.07 Å². The van der Waals surface area contributed by atoms with Crippen LogP contribution in [0.3, 0.4) is 0 Å². The van der Waals surface area contributed by atoms with Crippen molar-refractivity contribution >= 4 is 11.6 Å². The lowest BCUT2D eigenvalue weighted by Crippen LogP contribution is -2.19. The van der Waals surface area contributed by atoms with Crippen molar-refractivity contribution in [1.82, 2.24) is 0 Å². The van der Waals surface area contributed by atoms with E-state index < -0.39 is 5.92 Å². The second-order valence-electron chi connectivity index (χ2n) is 6.18. The van der Waals surface area contributed by atoms with E-state index in [0.717, 1.165) is 16.8 Å². The SMILES string of the molecule is Cc1ccc(NC(=O)[C@H](C)c2ccc(-c3ccccc3)c(F)c2)cc1. The first-order chi connectivity index (χ1) is 12.0. The lowest BCUT2D eigenvalue weighted by molar-refractivity contribution is -0.117. The summed E-state index contributed by atoms with van der Waals surface area (Å²) in [7, 11) is 0. The third kappa shape index (κ3) is 3.94. The zero-order chi connectivity index (χ0) is 17.8. The van der Waals surface area contributed by atoms with Crippen molar-refractivity contribution in [3.8, 4) is 11.1 Å². The van der Waals surface area contributed by atoms with Gasteiger partial charge in [0.1, 0.15) is 5.82 Å². The molecule has 1 N–H and O–H groups in total. The number of benzene rings is 3. The van der Waals surface area contributed by atoms with Crippen LogP contribution in [0.2, 0.25) is 0 Å². The van der Waals surface area contributed by atoms with Crippen LogP contribution in [0.5, 0.6) is 0 Å². The Morgan fingerprint density at radius 3 is 2.28 bits per heavy atom. The first-order valence-electron chi connectivity index (χ1n) is 8.27. The largest absolute Gasteiger partial charge is 0.326 e. The Kier molecular flexibility index (Phi) is 4.94. The molecular weight excluding hydrogens is 313 g/mol. The molecule has 0 saturated heterocycles. The summed E-state index contributed by atoms with van der Waals surface area (Å²) < 4.78 is 14.5. The molecule has 2 nitrogen and oxygen atoms in total. The van der Waals surface area contributed by atoms with Crippen LogP contribution in [0.25, 0.3) is 11.1 Å². The van der Waals surface area contributed by atoms with E-state index in [0.29, 0.717) is 11.1 Å². The Labute approximate surface area is 147 Å². The summed E-state index contributed by atoms with van der Waals surface area (Å²) in [5.74, 6) is -0.921. The fraction of sp³-hybridized carbons (Fsp3) is 0.136. The second kappa shape index (κ2) is 7.31. The molecule has 0 heterocycles. The molecule has 0 fully saturated rings. The number of halogens is 1. The summed E-state index contributed by atoms with van der Waals surface area (Å²) in [5.41, 5.74) is 3.88. The van der Waals surface area contributed by atoms with Crippen molar-refractivity contribution in [2.45, 2.75) is 19.8 Å². The van der Waals surface area contributed by atoms with Gasteiger partial charge in [-0.25, -0.2) is 4.39 Å². The fourth-order valence-electron chi connectivity index (χ4n) is 2.69. The molecule has 0 spiro atoms. The molecule has 0 aliphatic carbocycles. The summed E-state index contributed by atoms with van der Waals surface area (Å²) in [4.78, 5) is 12.4. The molecule has 0 saturated carbocycles. The molecule has 3 aromatic rings. The summed E-state index contributed by atoms with van der Waals surface area (Å²) >= 11 is 0. The average molecular weight is 333 g/mol. The van der Waals surface area contributed by atoms with Gasteiger partial charge >= 0.3 is 0 Å². The van der Waals surface area contributed by atoms with Crippen molar-refractivity contribution in [1.29, 1.82) is 0 Å². The van der Waals surface area contributed by atoms with Gasteiger partial charge in [-0.15, -0.1) is 0 Å². The topological polar surface area (TPSA) is 29.1 Å². The zero-order valence-electron chi connectivity index (χ0n) is 14.3. The third-order valence-electron chi connectivity index (χ3n) is 4.29. The van der Waals surface area contributed by atoms with Crippen LogP contribution < -0.4 is 5.32 Å². The van der Waals surface area contributed by atoms with Crippen LogP contribution >= 0.6 is 0 Å². The van der Waals surface area contributed by atoms with Crippen molar-refractivity contribution in [2.75, 3.05) is 5.32 Å².